The summed E-state index contributed by atoms with van der Waals surface area (Å²) in [5.74, 6) is 3.09. The molecule has 2 aromatic rings. The quantitative estimate of drug-likeness (QED) is 0.694. The Hall–Kier alpha value is -0.440. The van der Waals surface area contributed by atoms with Crippen molar-refractivity contribution >= 4 is 54.5 Å². The predicted molar refractivity (Wildman–Crippen MR) is 75.3 cm³/mol. The molecule has 0 saturated carbocycles. The van der Waals surface area contributed by atoms with Crippen molar-refractivity contribution in [2.45, 2.75) is 0 Å². The molecule has 0 unspecified atom stereocenters. The summed E-state index contributed by atoms with van der Waals surface area (Å²) in [6.07, 6.45) is 0. The molecule has 4 heterocycles. The minimum atomic E-state index is 0.260. The summed E-state index contributed by atoms with van der Waals surface area (Å²) in [6, 6.07) is 0. The monoisotopic (exact) mass is 410 g/mol. The second kappa shape index (κ2) is 4.03. The largest absolute Gasteiger partial charge is 0.452 e. The first-order chi connectivity index (χ1) is 8.75. The van der Waals surface area contributed by atoms with Crippen LogP contribution >= 0.6 is 54.5 Å². The normalized spacial score (nSPS) is 15.4. The van der Waals surface area contributed by atoms with E-state index in [1.165, 1.54) is 0 Å². The SMILES string of the molecule is Brc1sc(-c2sc(Br)c3c2OCO3)c2c1OCO2. The molecule has 0 radical (unpaired) electrons. The van der Waals surface area contributed by atoms with Crippen molar-refractivity contribution in [1.29, 1.82) is 0 Å². The molecule has 94 valence electrons. The molecule has 0 atom stereocenters. The summed E-state index contributed by atoms with van der Waals surface area (Å²) in [4.78, 5) is 2.01. The van der Waals surface area contributed by atoms with Crippen LogP contribution in [0, 0.1) is 0 Å². The molecule has 0 spiro atoms. The summed E-state index contributed by atoms with van der Waals surface area (Å²) in [6.45, 7) is 0.520. The van der Waals surface area contributed by atoms with Gasteiger partial charge in [-0.25, -0.2) is 0 Å². The summed E-state index contributed by atoms with van der Waals surface area (Å²) >= 11 is 10.1. The van der Waals surface area contributed by atoms with Crippen LogP contribution in [0.2, 0.25) is 0 Å². The highest BCUT2D eigenvalue weighted by Gasteiger charge is 2.33. The van der Waals surface area contributed by atoms with Gasteiger partial charge >= 0.3 is 0 Å². The first-order valence-electron chi connectivity index (χ1n) is 4.92. The Morgan fingerprint density at radius 3 is 1.50 bits per heavy atom. The van der Waals surface area contributed by atoms with Crippen molar-refractivity contribution in [3.8, 4) is 32.8 Å². The van der Waals surface area contributed by atoms with Gasteiger partial charge in [0.15, 0.2) is 23.0 Å². The molecular weight excluding hydrogens is 408 g/mol. The first-order valence-corrected chi connectivity index (χ1v) is 8.13. The Morgan fingerprint density at radius 1 is 0.667 bits per heavy atom. The van der Waals surface area contributed by atoms with Gasteiger partial charge in [-0.1, -0.05) is 0 Å². The number of hydrogen-bond donors (Lipinski definition) is 0. The molecule has 0 N–H and O–H groups in total. The molecule has 2 aliphatic heterocycles. The van der Waals surface area contributed by atoms with Gasteiger partial charge in [0.2, 0.25) is 13.6 Å². The van der Waals surface area contributed by atoms with E-state index in [2.05, 4.69) is 31.9 Å². The molecule has 0 aliphatic carbocycles. The van der Waals surface area contributed by atoms with Gasteiger partial charge in [-0.05, 0) is 31.9 Å². The van der Waals surface area contributed by atoms with E-state index in [1.807, 2.05) is 0 Å². The molecule has 4 nitrogen and oxygen atoms in total. The predicted octanol–water partition coefficient (Wildman–Crippen LogP) is 4.46. The molecule has 8 heteroatoms. The van der Waals surface area contributed by atoms with Crippen LogP contribution in [0.1, 0.15) is 0 Å². The average Bonchev–Trinajstić information content (AvgIpc) is 3.06. The highest BCUT2D eigenvalue weighted by atomic mass is 79.9. The standard InChI is InChI=1S/C10H4Br2O4S2/c11-9-5-3(13-1-15-5)7(17-9)8-4-6(10(12)18-8)16-2-14-4/h1-2H2. The van der Waals surface area contributed by atoms with Crippen molar-refractivity contribution in [3.05, 3.63) is 7.57 Å². The van der Waals surface area contributed by atoms with Crippen molar-refractivity contribution in [2.24, 2.45) is 0 Å². The lowest BCUT2D eigenvalue weighted by molar-refractivity contribution is 0.172. The Morgan fingerprint density at radius 2 is 1.06 bits per heavy atom. The molecule has 2 aromatic heterocycles. The van der Waals surface area contributed by atoms with Gasteiger partial charge in [0.1, 0.15) is 7.57 Å². The maximum Gasteiger partial charge on any atom is 0.231 e. The number of ether oxygens (including phenoxy) is 4. The zero-order valence-electron chi connectivity index (χ0n) is 8.62. The van der Waals surface area contributed by atoms with E-state index < -0.39 is 0 Å². The fourth-order valence-corrected chi connectivity index (χ4v) is 5.37. The third-order valence-electron chi connectivity index (χ3n) is 2.58. The minimum absolute atomic E-state index is 0.260. The summed E-state index contributed by atoms with van der Waals surface area (Å²) < 4.78 is 23.8. The molecular formula is C10H4Br2O4S2. The van der Waals surface area contributed by atoms with E-state index in [0.717, 1.165) is 40.3 Å². The van der Waals surface area contributed by atoms with E-state index in [4.69, 9.17) is 18.9 Å². The highest BCUT2D eigenvalue weighted by molar-refractivity contribution is 9.11. The smallest absolute Gasteiger partial charge is 0.231 e. The Bertz CT molecular complexity index is 593. The van der Waals surface area contributed by atoms with E-state index in [1.54, 1.807) is 22.7 Å². The van der Waals surface area contributed by atoms with Gasteiger partial charge in [-0.2, -0.15) is 0 Å². The number of thiophene rings is 2. The molecule has 0 aromatic carbocycles. The van der Waals surface area contributed by atoms with Crippen LogP contribution in [0.15, 0.2) is 7.57 Å². The van der Waals surface area contributed by atoms with Gasteiger partial charge in [-0.15, -0.1) is 22.7 Å². The highest BCUT2D eigenvalue weighted by Crippen LogP contribution is 2.60. The molecule has 0 amide bonds. The van der Waals surface area contributed by atoms with Crippen molar-refractivity contribution in [3.63, 3.8) is 0 Å². The summed E-state index contributed by atoms with van der Waals surface area (Å²) in [5, 5.41) is 0. The van der Waals surface area contributed by atoms with Crippen LogP contribution in [0.4, 0.5) is 0 Å². The zero-order valence-corrected chi connectivity index (χ0v) is 13.4. The van der Waals surface area contributed by atoms with E-state index >= 15 is 0 Å². The number of halogens is 2. The lowest BCUT2D eigenvalue weighted by Gasteiger charge is -1.99. The second-order valence-corrected chi connectivity index (χ2v) is 8.22. The second-order valence-electron chi connectivity index (χ2n) is 3.54. The fourth-order valence-electron chi connectivity index (χ4n) is 1.85. The van der Waals surface area contributed by atoms with Gasteiger partial charge < -0.3 is 18.9 Å². The molecule has 18 heavy (non-hydrogen) atoms. The lowest BCUT2D eigenvalue weighted by Crippen LogP contribution is -1.95. The van der Waals surface area contributed by atoms with Gasteiger partial charge in [0.05, 0.1) is 9.75 Å². The Labute approximate surface area is 127 Å². The van der Waals surface area contributed by atoms with Crippen LogP contribution in [-0.4, -0.2) is 13.6 Å². The molecule has 2 aliphatic rings. The van der Waals surface area contributed by atoms with Crippen LogP contribution in [0.3, 0.4) is 0 Å². The van der Waals surface area contributed by atoms with Crippen LogP contribution in [0.5, 0.6) is 23.0 Å². The van der Waals surface area contributed by atoms with Gasteiger partial charge in [-0.3, -0.25) is 0 Å². The molecule has 0 fully saturated rings. The molecule has 4 rings (SSSR count). The maximum absolute atomic E-state index is 5.53. The van der Waals surface area contributed by atoms with Crippen molar-refractivity contribution in [1.82, 2.24) is 0 Å². The summed E-state index contributed by atoms with van der Waals surface area (Å²) in [7, 11) is 0. The zero-order chi connectivity index (χ0) is 12.3. The molecule has 0 saturated heterocycles. The number of hydrogen-bond acceptors (Lipinski definition) is 6. The van der Waals surface area contributed by atoms with Crippen LogP contribution in [-0.2, 0) is 0 Å². The van der Waals surface area contributed by atoms with Crippen molar-refractivity contribution in [2.75, 3.05) is 13.6 Å². The minimum Gasteiger partial charge on any atom is -0.452 e. The maximum atomic E-state index is 5.53. The van der Waals surface area contributed by atoms with E-state index in [0.29, 0.717) is 0 Å². The number of fused-ring (bicyclic) bond motifs is 2. The van der Waals surface area contributed by atoms with Gasteiger partial charge in [0.25, 0.3) is 0 Å². The van der Waals surface area contributed by atoms with Crippen molar-refractivity contribution < 1.29 is 18.9 Å². The molecule has 0 bridgehead atoms. The third-order valence-corrected chi connectivity index (χ3v) is 6.32. The topological polar surface area (TPSA) is 36.9 Å². The van der Waals surface area contributed by atoms with Gasteiger partial charge in [0, 0.05) is 0 Å². The lowest BCUT2D eigenvalue weighted by atomic mass is 10.3. The first kappa shape index (κ1) is 11.4. The van der Waals surface area contributed by atoms with Crippen LogP contribution in [0.25, 0.3) is 9.75 Å². The number of rotatable bonds is 1. The Kier molecular flexibility index (Phi) is 2.55. The average molecular weight is 412 g/mol. The Balaban J connectivity index is 1.94. The van der Waals surface area contributed by atoms with Crippen LogP contribution < -0.4 is 18.9 Å². The van der Waals surface area contributed by atoms with E-state index in [9.17, 15) is 0 Å². The summed E-state index contributed by atoms with van der Waals surface area (Å²) in [5.41, 5.74) is 0. The fraction of sp³-hybridized carbons (Fsp3) is 0.200. The third kappa shape index (κ3) is 1.46. The van der Waals surface area contributed by atoms with E-state index in [-0.39, 0.29) is 13.6 Å².